The first kappa shape index (κ1) is 8.93. The molecule has 1 heterocycles. The molecule has 0 aromatic rings. The van der Waals surface area contributed by atoms with E-state index in [9.17, 15) is 0 Å². The van der Waals surface area contributed by atoms with Gasteiger partial charge in [-0.05, 0) is 50.9 Å². The van der Waals surface area contributed by atoms with E-state index < -0.39 is 0 Å². The third-order valence-electron chi connectivity index (χ3n) is 3.37. The number of hydrogen-bond donors (Lipinski definition) is 2. The first-order valence-corrected chi connectivity index (χ1v) is 6.48. The van der Waals surface area contributed by atoms with Crippen LogP contribution in [0.1, 0.15) is 25.7 Å². The molecule has 3 heteroatoms. The van der Waals surface area contributed by atoms with E-state index in [1.54, 1.807) is 0 Å². The fraction of sp³-hybridized carbons (Fsp3) is 1.00. The van der Waals surface area contributed by atoms with Crippen LogP contribution in [0.25, 0.3) is 0 Å². The van der Waals surface area contributed by atoms with Gasteiger partial charge < -0.3 is 5.32 Å². The molecule has 1 aliphatic carbocycles. The van der Waals surface area contributed by atoms with Crippen LogP contribution >= 0.6 is 8.73 Å². The van der Waals surface area contributed by atoms with E-state index in [0.717, 1.165) is 20.2 Å². The molecule has 1 aliphatic heterocycles. The Bertz CT molecular complexity index is 147. The molecule has 0 aromatic heterocycles. The molecular weight excluding hydrogens is 167 g/mol. The van der Waals surface area contributed by atoms with Gasteiger partial charge in [0, 0.05) is 6.04 Å². The second kappa shape index (κ2) is 3.61. The minimum Gasteiger partial charge on any atom is -0.317 e. The van der Waals surface area contributed by atoms with Gasteiger partial charge in [0.1, 0.15) is 0 Å². The third kappa shape index (κ3) is 1.66. The predicted octanol–water partition coefficient (Wildman–Crippen LogP) is 1.33. The Balaban J connectivity index is 1.77. The average molecular weight is 186 g/mol. The van der Waals surface area contributed by atoms with Gasteiger partial charge in [-0.25, -0.2) is 0 Å². The summed E-state index contributed by atoms with van der Waals surface area (Å²) in [6, 6.07) is 0.853. The number of hydrogen-bond acceptors (Lipinski definition) is 2. The van der Waals surface area contributed by atoms with Gasteiger partial charge >= 0.3 is 0 Å². The molecule has 0 amide bonds. The van der Waals surface area contributed by atoms with Crippen molar-refractivity contribution in [3.63, 3.8) is 0 Å². The molecule has 0 aromatic carbocycles. The molecule has 0 radical (unpaired) electrons. The fourth-order valence-electron chi connectivity index (χ4n) is 2.66. The van der Waals surface area contributed by atoms with Crippen LogP contribution in [0.3, 0.4) is 0 Å². The predicted molar refractivity (Wildman–Crippen MR) is 54.9 cm³/mol. The SMILES string of the molecule is CPNC1CC2(CCNCC2)C1. The van der Waals surface area contributed by atoms with Gasteiger partial charge in [-0.2, -0.15) is 0 Å². The van der Waals surface area contributed by atoms with Crippen molar-refractivity contribution in [3.8, 4) is 0 Å². The Morgan fingerprint density at radius 2 is 2.00 bits per heavy atom. The highest BCUT2D eigenvalue weighted by Gasteiger charge is 2.43. The summed E-state index contributed by atoms with van der Waals surface area (Å²) in [5.74, 6) is 0. The molecular formula is C9H19N2P. The highest BCUT2D eigenvalue weighted by Crippen LogP contribution is 2.48. The largest absolute Gasteiger partial charge is 0.317 e. The molecule has 1 spiro atoms. The van der Waals surface area contributed by atoms with Crippen molar-refractivity contribution < 1.29 is 0 Å². The van der Waals surface area contributed by atoms with E-state index >= 15 is 0 Å². The summed E-state index contributed by atoms with van der Waals surface area (Å²) in [4.78, 5) is 0. The Morgan fingerprint density at radius 1 is 1.33 bits per heavy atom. The molecule has 2 nitrogen and oxygen atoms in total. The van der Waals surface area contributed by atoms with Crippen molar-refractivity contribution in [2.45, 2.75) is 31.7 Å². The zero-order valence-corrected chi connectivity index (χ0v) is 8.82. The van der Waals surface area contributed by atoms with Crippen LogP contribution in [0.4, 0.5) is 0 Å². The maximum absolute atomic E-state index is 3.56. The molecule has 1 saturated heterocycles. The second-order valence-electron chi connectivity index (χ2n) is 4.25. The number of piperidine rings is 1. The topological polar surface area (TPSA) is 24.1 Å². The Kier molecular flexibility index (Phi) is 2.69. The molecule has 1 saturated carbocycles. The van der Waals surface area contributed by atoms with Gasteiger partial charge in [-0.1, -0.05) is 8.73 Å². The monoisotopic (exact) mass is 186 g/mol. The van der Waals surface area contributed by atoms with Crippen molar-refractivity contribution in [2.24, 2.45) is 5.41 Å². The van der Waals surface area contributed by atoms with Crippen LogP contribution in [0.15, 0.2) is 0 Å². The van der Waals surface area contributed by atoms with Gasteiger partial charge in [-0.15, -0.1) is 0 Å². The van der Waals surface area contributed by atoms with E-state index in [2.05, 4.69) is 17.1 Å². The van der Waals surface area contributed by atoms with E-state index in [-0.39, 0.29) is 0 Å². The van der Waals surface area contributed by atoms with Crippen molar-refractivity contribution >= 4 is 8.73 Å². The lowest BCUT2D eigenvalue weighted by Gasteiger charge is -2.50. The normalized spacial score (nSPS) is 29.8. The van der Waals surface area contributed by atoms with Crippen molar-refractivity contribution in [3.05, 3.63) is 0 Å². The quantitative estimate of drug-likeness (QED) is 0.636. The van der Waals surface area contributed by atoms with E-state index in [1.807, 2.05) is 0 Å². The van der Waals surface area contributed by atoms with E-state index in [1.165, 1.54) is 38.8 Å². The number of rotatable bonds is 2. The molecule has 0 bridgehead atoms. The third-order valence-corrected chi connectivity index (χ3v) is 4.07. The minimum atomic E-state index is 0.753. The van der Waals surface area contributed by atoms with Crippen LogP contribution in [-0.4, -0.2) is 25.8 Å². The van der Waals surface area contributed by atoms with Crippen LogP contribution in [0, 0.1) is 5.41 Å². The molecule has 2 N–H and O–H groups in total. The van der Waals surface area contributed by atoms with Gasteiger partial charge in [-0.3, -0.25) is 5.09 Å². The standard InChI is InChI=1S/C9H19N2P/c1-12-11-8-6-9(7-8)2-4-10-5-3-9/h8,10-12H,2-7H2,1H3. The average Bonchev–Trinajstić information content (AvgIpc) is 2.04. The Labute approximate surface area is 76.7 Å². The van der Waals surface area contributed by atoms with Crippen LogP contribution < -0.4 is 10.4 Å². The van der Waals surface area contributed by atoms with Gasteiger partial charge in [0.15, 0.2) is 0 Å². The van der Waals surface area contributed by atoms with Crippen molar-refractivity contribution in [1.29, 1.82) is 0 Å². The van der Waals surface area contributed by atoms with Gasteiger partial charge in [0.05, 0.1) is 0 Å². The molecule has 2 aliphatic rings. The summed E-state index contributed by atoms with van der Waals surface area (Å²) >= 11 is 0. The van der Waals surface area contributed by atoms with Crippen LogP contribution in [0.5, 0.6) is 0 Å². The van der Waals surface area contributed by atoms with Gasteiger partial charge in [0.25, 0.3) is 0 Å². The summed E-state index contributed by atoms with van der Waals surface area (Å²) in [6.07, 6.45) is 5.71. The molecule has 1 atom stereocenters. The number of nitrogens with one attached hydrogen (secondary N) is 2. The summed E-state index contributed by atoms with van der Waals surface area (Å²) in [5.41, 5.74) is 0.753. The fourth-order valence-corrected chi connectivity index (χ4v) is 3.27. The summed E-state index contributed by atoms with van der Waals surface area (Å²) < 4.78 is 0. The van der Waals surface area contributed by atoms with Crippen molar-refractivity contribution in [2.75, 3.05) is 19.8 Å². The Morgan fingerprint density at radius 3 is 2.58 bits per heavy atom. The van der Waals surface area contributed by atoms with E-state index in [0.29, 0.717) is 0 Å². The molecule has 12 heavy (non-hydrogen) atoms. The lowest BCUT2D eigenvalue weighted by atomic mass is 9.61. The molecule has 2 fully saturated rings. The molecule has 1 unspecified atom stereocenters. The lowest BCUT2D eigenvalue weighted by Crippen LogP contribution is -2.51. The molecule has 70 valence electrons. The zero-order valence-electron chi connectivity index (χ0n) is 7.82. The van der Waals surface area contributed by atoms with E-state index in [4.69, 9.17) is 0 Å². The van der Waals surface area contributed by atoms with Crippen LogP contribution in [-0.2, 0) is 0 Å². The zero-order chi connectivity index (χ0) is 8.44. The maximum Gasteiger partial charge on any atom is 0.0112 e. The summed E-state index contributed by atoms with van der Waals surface area (Å²) in [5, 5.41) is 7.00. The first-order chi connectivity index (χ1) is 5.85. The van der Waals surface area contributed by atoms with Crippen molar-refractivity contribution in [1.82, 2.24) is 10.4 Å². The smallest absolute Gasteiger partial charge is 0.0112 e. The van der Waals surface area contributed by atoms with Crippen LogP contribution in [0.2, 0.25) is 0 Å². The van der Waals surface area contributed by atoms with Gasteiger partial charge in [0.2, 0.25) is 0 Å². The minimum absolute atomic E-state index is 0.753. The summed E-state index contributed by atoms with van der Waals surface area (Å²) in [6.45, 7) is 4.73. The second-order valence-corrected chi connectivity index (χ2v) is 5.04. The first-order valence-electron chi connectivity index (χ1n) is 4.98. The Hall–Kier alpha value is 0.350. The summed E-state index contributed by atoms with van der Waals surface area (Å²) in [7, 11) is 0.928. The highest BCUT2D eigenvalue weighted by molar-refractivity contribution is 7.34. The molecule has 2 rings (SSSR count). The maximum atomic E-state index is 3.56. The highest BCUT2D eigenvalue weighted by atomic mass is 31.1. The lowest BCUT2D eigenvalue weighted by molar-refractivity contribution is 0.0571.